The van der Waals surface area contributed by atoms with E-state index in [2.05, 4.69) is 19.2 Å². The highest BCUT2D eigenvalue weighted by Crippen LogP contribution is 2.05. The van der Waals surface area contributed by atoms with Gasteiger partial charge in [0.1, 0.15) is 0 Å². The first kappa shape index (κ1) is 13.4. The monoisotopic (exact) mass is 202 g/mol. The average molecular weight is 202 g/mol. The molecule has 0 fully saturated rings. The van der Waals surface area contributed by atoms with Crippen LogP contribution in [0.5, 0.6) is 0 Å². The Labute approximate surface area is 86.2 Å². The van der Waals surface area contributed by atoms with Gasteiger partial charge in [-0.05, 0) is 18.9 Å². The number of hydrogen-bond acceptors (Lipinski definition) is 3. The van der Waals surface area contributed by atoms with Gasteiger partial charge in [-0.3, -0.25) is 4.79 Å². The van der Waals surface area contributed by atoms with Gasteiger partial charge in [0.25, 0.3) is 0 Å². The maximum atomic E-state index is 11.4. The molecule has 0 aliphatic rings. The fourth-order valence-electron chi connectivity index (χ4n) is 1.23. The van der Waals surface area contributed by atoms with Crippen molar-refractivity contribution in [1.29, 1.82) is 0 Å². The summed E-state index contributed by atoms with van der Waals surface area (Å²) in [5.41, 5.74) is 5.47. The van der Waals surface area contributed by atoms with Crippen molar-refractivity contribution >= 4 is 5.91 Å². The first-order valence-electron chi connectivity index (χ1n) is 5.10. The third-order valence-corrected chi connectivity index (χ3v) is 2.16. The predicted octanol–water partition coefficient (Wildman–Crippen LogP) is 0.513. The van der Waals surface area contributed by atoms with E-state index in [0.717, 1.165) is 6.42 Å². The van der Waals surface area contributed by atoms with E-state index >= 15 is 0 Å². The molecule has 1 amide bonds. The normalized spacial score (nSPS) is 12.9. The van der Waals surface area contributed by atoms with E-state index in [4.69, 9.17) is 10.5 Å². The van der Waals surface area contributed by atoms with Crippen molar-refractivity contribution in [2.75, 3.05) is 20.3 Å². The first-order chi connectivity index (χ1) is 6.61. The van der Waals surface area contributed by atoms with Crippen LogP contribution in [0.15, 0.2) is 0 Å². The molecule has 0 aliphatic heterocycles. The molecule has 0 heterocycles. The molecule has 0 aromatic heterocycles. The van der Waals surface area contributed by atoms with Crippen molar-refractivity contribution in [3.8, 4) is 0 Å². The van der Waals surface area contributed by atoms with Gasteiger partial charge >= 0.3 is 0 Å². The Morgan fingerprint density at radius 3 is 2.57 bits per heavy atom. The van der Waals surface area contributed by atoms with Gasteiger partial charge in [-0.1, -0.05) is 13.8 Å². The molecule has 3 N–H and O–H groups in total. The first-order valence-corrected chi connectivity index (χ1v) is 5.10. The van der Waals surface area contributed by atoms with Crippen LogP contribution in [0.2, 0.25) is 0 Å². The molecule has 0 aromatic carbocycles. The SMILES string of the molecule is COCCC(=O)NC(CCN)C(C)C. The molecule has 4 nitrogen and oxygen atoms in total. The van der Waals surface area contributed by atoms with Crippen LogP contribution in [0.1, 0.15) is 26.7 Å². The molecule has 14 heavy (non-hydrogen) atoms. The Morgan fingerprint density at radius 1 is 1.50 bits per heavy atom. The molecule has 0 radical (unpaired) electrons. The molecule has 0 spiro atoms. The van der Waals surface area contributed by atoms with E-state index < -0.39 is 0 Å². The quantitative estimate of drug-likeness (QED) is 0.632. The van der Waals surface area contributed by atoms with Crippen molar-refractivity contribution in [2.24, 2.45) is 11.7 Å². The molecule has 0 rings (SSSR count). The van der Waals surface area contributed by atoms with Crippen LogP contribution in [-0.2, 0) is 9.53 Å². The number of rotatable bonds is 7. The van der Waals surface area contributed by atoms with Crippen molar-refractivity contribution in [3.05, 3.63) is 0 Å². The number of nitrogens with one attached hydrogen (secondary N) is 1. The largest absolute Gasteiger partial charge is 0.384 e. The molecule has 1 atom stereocenters. The highest BCUT2D eigenvalue weighted by atomic mass is 16.5. The van der Waals surface area contributed by atoms with Crippen molar-refractivity contribution in [3.63, 3.8) is 0 Å². The van der Waals surface area contributed by atoms with Gasteiger partial charge in [0.15, 0.2) is 0 Å². The van der Waals surface area contributed by atoms with Crippen LogP contribution in [-0.4, -0.2) is 32.2 Å². The number of carbonyl (C=O) groups excluding carboxylic acids is 1. The highest BCUT2D eigenvalue weighted by Gasteiger charge is 2.14. The van der Waals surface area contributed by atoms with Crippen LogP contribution >= 0.6 is 0 Å². The van der Waals surface area contributed by atoms with Crippen LogP contribution in [0, 0.1) is 5.92 Å². The van der Waals surface area contributed by atoms with Gasteiger partial charge in [0, 0.05) is 19.6 Å². The molecule has 1 unspecified atom stereocenters. The number of methoxy groups -OCH3 is 1. The summed E-state index contributed by atoms with van der Waals surface area (Å²) in [7, 11) is 1.59. The zero-order chi connectivity index (χ0) is 11.0. The Morgan fingerprint density at radius 2 is 2.14 bits per heavy atom. The number of amides is 1. The lowest BCUT2D eigenvalue weighted by Crippen LogP contribution is -2.40. The van der Waals surface area contributed by atoms with Gasteiger partial charge in [0.05, 0.1) is 6.61 Å². The lowest BCUT2D eigenvalue weighted by molar-refractivity contribution is -0.123. The smallest absolute Gasteiger partial charge is 0.222 e. The lowest BCUT2D eigenvalue weighted by Gasteiger charge is -2.21. The van der Waals surface area contributed by atoms with Crippen LogP contribution in [0.4, 0.5) is 0 Å². The highest BCUT2D eigenvalue weighted by molar-refractivity contribution is 5.76. The minimum Gasteiger partial charge on any atom is -0.384 e. The maximum absolute atomic E-state index is 11.4. The predicted molar refractivity (Wildman–Crippen MR) is 56.9 cm³/mol. The number of hydrogen-bond donors (Lipinski definition) is 2. The minimum absolute atomic E-state index is 0.0407. The summed E-state index contributed by atoms with van der Waals surface area (Å²) in [6.45, 7) is 5.24. The van der Waals surface area contributed by atoms with Gasteiger partial charge in [0.2, 0.25) is 5.91 Å². The fraction of sp³-hybridized carbons (Fsp3) is 0.900. The summed E-state index contributed by atoms with van der Waals surface area (Å²) in [6, 6.07) is 0.185. The molecular formula is C10H22N2O2. The molecule has 0 bridgehead atoms. The Kier molecular flexibility index (Phi) is 7.42. The third-order valence-electron chi connectivity index (χ3n) is 2.16. The van der Waals surface area contributed by atoms with Gasteiger partial charge < -0.3 is 15.8 Å². The number of nitrogens with two attached hydrogens (primary N) is 1. The van der Waals surface area contributed by atoms with E-state index in [0.29, 0.717) is 25.5 Å². The van der Waals surface area contributed by atoms with Gasteiger partial charge in [-0.15, -0.1) is 0 Å². The second-order valence-corrected chi connectivity index (χ2v) is 3.74. The zero-order valence-electron chi connectivity index (χ0n) is 9.38. The van der Waals surface area contributed by atoms with E-state index in [-0.39, 0.29) is 11.9 Å². The fourth-order valence-corrected chi connectivity index (χ4v) is 1.23. The second kappa shape index (κ2) is 7.76. The number of ether oxygens (including phenoxy) is 1. The van der Waals surface area contributed by atoms with Gasteiger partial charge in [-0.2, -0.15) is 0 Å². The van der Waals surface area contributed by atoms with Crippen LogP contribution in [0.3, 0.4) is 0 Å². The Balaban J connectivity index is 3.83. The average Bonchev–Trinajstić information content (AvgIpc) is 2.14. The molecule has 0 aromatic rings. The van der Waals surface area contributed by atoms with Crippen molar-refractivity contribution in [2.45, 2.75) is 32.7 Å². The molecule has 0 saturated heterocycles. The molecule has 4 heteroatoms. The van der Waals surface area contributed by atoms with Gasteiger partial charge in [-0.25, -0.2) is 0 Å². The molecule has 0 saturated carbocycles. The summed E-state index contributed by atoms with van der Waals surface area (Å²) >= 11 is 0. The standard InChI is InChI=1S/C10H22N2O2/c1-8(2)9(4-6-11)12-10(13)5-7-14-3/h8-9H,4-7,11H2,1-3H3,(H,12,13). The minimum atomic E-state index is 0.0407. The van der Waals surface area contributed by atoms with Crippen molar-refractivity contribution < 1.29 is 9.53 Å². The summed E-state index contributed by atoms with van der Waals surface area (Å²) < 4.78 is 4.83. The number of carbonyl (C=O) groups is 1. The summed E-state index contributed by atoms with van der Waals surface area (Å²) in [5, 5.41) is 2.95. The van der Waals surface area contributed by atoms with E-state index in [1.54, 1.807) is 7.11 Å². The topological polar surface area (TPSA) is 64.3 Å². The van der Waals surface area contributed by atoms with Crippen molar-refractivity contribution in [1.82, 2.24) is 5.32 Å². The maximum Gasteiger partial charge on any atom is 0.222 e. The summed E-state index contributed by atoms with van der Waals surface area (Å²) in [4.78, 5) is 11.4. The zero-order valence-corrected chi connectivity index (χ0v) is 9.38. The molecular weight excluding hydrogens is 180 g/mol. The van der Waals surface area contributed by atoms with E-state index in [9.17, 15) is 4.79 Å². The summed E-state index contributed by atoms with van der Waals surface area (Å²) in [5.74, 6) is 0.462. The van der Waals surface area contributed by atoms with Crippen LogP contribution in [0.25, 0.3) is 0 Å². The second-order valence-electron chi connectivity index (χ2n) is 3.74. The lowest BCUT2D eigenvalue weighted by atomic mass is 10.0. The van der Waals surface area contributed by atoms with E-state index in [1.165, 1.54) is 0 Å². The molecule has 0 aliphatic carbocycles. The van der Waals surface area contributed by atoms with Crippen LogP contribution < -0.4 is 11.1 Å². The molecule has 84 valence electrons. The summed E-state index contributed by atoms with van der Waals surface area (Å²) in [6.07, 6.45) is 1.25. The third kappa shape index (κ3) is 5.94. The Hall–Kier alpha value is -0.610. The Bertz CT molecular complexity index is 160. The van der Waals surface area contributed by atoms with E-state index in [1.807, 2.05) is 0 Å².